The minimum atomic E-state index is -4.58. The predicted molar refractivity (Wildman–Crippen MR) is 179 cm³/mol. The summed E-state index contributed by atoms with van der Waals surface area (Å²) in [6.45, 7) is 10.6. The fourth-order valence-electron chi connectivity index (χ4n) is 6.80. The van der Waals surface area contributed by atoms with Crippen molar-refractivity contribution < 1.29 is 27.5 Å². The second-order valence-electron chi connectivity index (χ2n) is 13.7. The summed E-state index contributed by atoms with van der Waals surface area (Å²) in [6, 6.07) is 2.73. The smallest absolute Gasteiger partial charge is 0.416 e. The third-order valence-corrected chi connectivity index (χ3v) is 9.66. The van der Waals surface area contributed by atoms with E-state index in [1.807, 2.05) is 38.7 Å². The normalized spacial score (nSPS) is 18.0. The quantitative estimate of drug-likeness (QED) is 0.368. The van der Waals surface area contributed by atoms with Crippen LogP contribution in [0.4, 0.5) is 29.3 Å². The van der Waals surface area contributed by atoms with Crippen LogP contribution in [-0.4, -0.2) is 80.9 Å². The van der Waals surface area contributed by atoms with E-state index in [2.05, 4.69) is 10.6 Å². The number of fused-ring (bicyclic) bond motifs is 1. The molecule has 2 amide bonds. The zero-order chi connectivity index (χ0) is 35.3. The first-order valence-corrected chi connectivity index (χ1v) is 16.8. The van der Waals surface area contributed by atoms with Crippen LogP contribution in [0.15, 0.2) is 29.1 Å². The van der Waals surface area contributed by atoms with Crippen molar-refractivity contribution in [1.29, 1.82) is 0 Å². The SMILES string of the molecule is CCc1c(N2CCNCC2)c(=O)n2nc(C3=CCC34CCN(C(=O)OC(C)(C)C)CC4)nc2n1CC(=O)Nc1ccc(C(F)(F)F)cc1Cl. The molecule has 2 N–H and O–H groups in total. The number of ether oxygens (including phenoxy) is 1. The molecular weight excluding hydrogens is 665 g/mol. The van der Waals surface area contributed by atoms with Crippen molar-refractivity contribution in [3.8, 4) is 0 Å². The lowest BCUT2D eigenvalue weighted by Gasteiger charge is -2.47. The fraction of sp³-hybridized carbons (Fsp3) is 0.545. The molecule has 1 spiro atoms. The van der Waals surface area contributed by atoms with E-state index >= 15 is 0 Å². The van der Waals surface area contributed by atoms with Crippen LogP contribution in [0.2, 0.25) is 5.02 Å². The van der Waals surface area contributed by atoms with Crippen molar-refractivity contribution in [1.82, 2.24) is 29.4 Å². The average Bonchev–Trinajstić information content (AvgIpc) is 3.46. The van der Waals surface area contributed by atoms with Crippen LogP contribution in [0.3, 0.4) is 0 Å². The highest BCUT2D eigenvalue weighted by molar-refractivity contribution is 6.33. The van der Waals surface area contributed by atoms with Gasteiger partial charge < -0.3 is 29.7 Å². The van der Waals surface area contributed by atoms with Crippen LogP contribution in [0, 0.1) is 5.41 Å². The number of piperidine rings is 1. The number of benzene rings is 1. The number of aromatic nitrogens is 4. The van der Waals surface area contributed by atoms with Crippen molar-refractivity contribution >= 4 is 46.3 Å². The zero-order valence-electron chi connectivity index (χ0n) is 27.9. The molecule has 2 aromatic heterocycles. The molecule has 16 heteroatoms. The van der Waals surface area contributed by atoms with Gasteiger partial charge in [0.2, 0.25) is 11.7 Å². The second-order valence-corrected chi connectivity index (χ2v) is 14.1. The Balaban J connectivity index is 1.33. The van der Waals surface area contributed by atoms with Crippen LogP contribution in [0.25, 0.3) is 11.4 Å². The third-order valence-electron chi connectivity index (χ3n) is 9.35. The van der Waals surface area contributed by atoms with Crippen molar-refractivity contribution in [2.24, 2.45) is 5.41 Å². The molecular formula is C33H40ClF3N8O4. The molecule has 0 unspecified atom stereocenters. The fourth-order valence-corrected chi connectivity index (χ4v) is 7.02. The number of piperazine rings is 1. The lowest BCUT2D eigenvalue weighted by molar-refractivity contribution is -0.137. The van der Waals surface area contributed by atoms with Gasteiger partial charge in [0, 0.05) is 50.3 Å². The van der Waals surface area contributed by atoms with Gasteiger partial charge in [0.15, 0.2) is 5.82 Å². The topological polar surface area (TPSA) is 126 Å². The Bertz CT molecular complexity index is 1870. The second kappa shape index (κ2) is 13.0. The number of allylic oxidation sites excluding steroid dienone is 2. The van der Waals surface area contributed by atoms with Crippen molar-refractivity contribution in [3.05, 3.63) is 56.7 Å². The number of halogens is 4. The Morgan fingerprint density at radius 1 is 1.10 bits per heavy atom. The third kappa shape index (κ3) is 6.87. The summed E-state index contributed by atoms with van der Waals surface area (Å²) >= 11 is 6.13. The van der Waals surface area contributed by atoms with Crippen molar-refractivity contribution in [2.75, 3.05) is 49.5 Å². The largest absolute Gasteiger partial charge is 0.444 e. The minimum Gasteiger partial charge on any atom is -0.444 e. The molecule has 3 aromatic rings. The number of hydrogen-bond donors (Lipinski definition) is 2. The van der Waals surface area contributed by atoms with E-state index < -0.39 is 23.2 Å². The summed E-state index contributed by atoms with van der Waals surface area (Å²) in [5, 5.41) is 10.4. The molecule has 2 aliphatic heterocycles. The molecule has 2 fully saturated rings. The molecule has 4 heterocycles. The van der Waals surface area contributed by atoms with Crippen LogP contribution >= 0.6 is 11.6 Å². The molecule has 0 bridgehead atoms. The lowest BCUT2D eigenvalue weighted by Crippen LogP contribution is -2.47. The average molecular weight is 705 g/mol. The van der Waals surface area contributed by atoms with Gasteiger partial charge in [-0.1, -0.05) is 24.6 Å². The summed E-state index contributed by atoms with van der Waals surface area (Å²) < 4.78 is 48.0. The van der Waals surface area contributed by atoms with Crippen LogP contribution < -0.4 is 21.1 Å². The standard InChI is InChI=1S/C33H40ClF3N8O4/c1-5-24-26(42-16-12-38-13-17-42)28(47)45-29(44(24)19-25(46)39-23-7-6-20(18-22(23)34)33(35,36)37)40-27(41-45)21-8-9-32(21)10-14-43(15-11-32)30(48)49-31(2,3)4/h6-8,18,38H,5,9-17,19H2,1-4H3,(H,39,46). The Kier molecular flexibility index (Phi) is 9.20. The Labute approximate surface area is 286 Å². The highest BCUT2D eigenvalue weighted by atomic mass is 35.5. The first-order chi connectivity index (χ1) is 23.1. The maximum Gasteiger partial charge on any atom is 0.416 e. The maximum atomic E-state index is 14.1. The van der Waals surface area contributed by atoms with Gasteiger partial charge in [0.1, 0.15) is 17.8 Å². The van der Waals surface area contributed by atoms with E-state index in [1.54, 1.807) is 9.47 Å². The number of likely N-dealkylation sites (tertiary alicyclic amines) is 1. The number of carbonyl (C=O) groups excluding carboxylic acids is 2. The van der Waals surface area contributed by atoms with E-state index in [0.717, 1.165) is 30.2 Å². The number of nitrogens with one attached hydrogen (secondary N) is 2. The molecule has 49 heavy (non-hydrogen) atoms. The molecule has 0 atom stereocenters. The van der Waals surface area contributed by atoms with Gasteiger partial charge in [-0.2, -0.15) is 22.7 Å². The first kappa shape index (κ1) is 34.7. The summed E-state index contributed by atoms with van der Waals surface area (Å²) in [5.74, 6) is -0.00127. The van der Waals surface area contributed by atoms with E-state index in [1.165, 1.54) is 4.52 Å². The van der Waals surface area contributed by atoms with Gasteiger partial charge >= 0.3 is 12.3 Å². The Hall–Kier alpha value is -4.11. The molecule has 1 aromatic carbocycles. The molecule has 0 radical (unpaired) electrons. The summed E-state index contributed by atoms with van der Waals surface area (Å²) in [5.41, 5.74) is -0.187. The van der Waals surface area contributed by atoms with Gasteiger partial charge in [-0.05, 0) is 64.7 Å². The molecule has 0 saturated carbocycles. The van der Waals surface area contributed by atoms with E-state index in [9.17, 15) is 27.6 Å². The Morgan fingerprint density at radius 2 is 1.80 bits per heavy atom. The monoisotopic (exact) mass is 704 g/mol. The predicted octanol–water partition coefficient (Wildman–Crippen LogP) is 4.98. The van der Waals surface area contributed by atoms with Crippen molar-refractivity contribution in [3.63, 3.8) is 0 Å². The molecule has 264 valence electrons. The number of amides is 2. The van der Waals surface area contributed by atoms with Gasteiger partial charge in [0.05, 0.1) is 22.0 Å². The summed E-state index contributed by atoms with van der Waals surface area (Å²) in [4.78, 5) is 48.9. The molecule has 1 aliphatic carbocycles. The Morgan fingerprint density at radius 3 is 2.37 bits per heavy atom. The van der Waals surface area contributed by atoms with Gasteiger partial charge in [0.25, 0.3) is 5.56 Å². The first-order valence-electron chi connectivity index (χ1n) is 16.4. The van der Waals surface area contributed by atoms with Crippen molar-refractivity contribution in [2.45, 2.75) is 71.7 Å². The molecule has 2 saturated heterocycles. The van der Waals surface area contributed by atoms with E-state index in [4.69, 9.17) is 26.4 Å². The number of nitrogens with zero attached hydrogens (tertiary/aromatic N) is 6. The van der Waals surface area contributed by atoms with Crippen LogP contribution in [0.1, 0.15) is 64.0 Å². The van der Waals surface area contributed by atoms with Gasteiger partial charge in [-0.15, -0.1) is 5.10 Å². The minimum absolute atomic E-state index is 0.0264. The summed E-state index contributed by atoms with van der Waals surface area (Å²) in [6.07, 6.45) is -0.343. The highest BCUT2D eigenvalue weighted by Crippen LogP contribution is 2.53. The molecule has 3 aliphatic rings. The number of hydrogen-bond acceptors (Lipinski definition) is 8. The summed E-state index contributed by atoms with van der Waals surface area (Å²) in [7, 11) is 0. The van der Waals surface area contributed by atoms with Crippen LogP contribution in [-0.2, 0) is 28.7 Å². The van der Waals surface area contributed by atoms with Crippen LogP contribution in [0.5, 0.6) is 0 Å². The molecule has 12 nitrogen and oxygen atoms in total. The van der Waals surface area contributed by atoms with Gasteiger partial charge in [-0.3, -0.25) is 9.59 Å². The van der Waals surface area contributed by atoms with Gasteiger partial charge in [-0.25, -0.2) is 4.79 Å². The lowest BCUT2D eigenvalue weighted by atomic mass is 9.62. The number of anilines is 2. The van der Waals surface area contributed by atoms with E-state index in [-0.39, 0.29) is 40.1 Å². The number of rotatable bonds is 6. The zero-order valence-corrected chi connectivity index (χ0v) is 28.7. The van der Waals surface area contributed by atoms with E-state index in [0.29, 0.717) is 75.7 Å². The number of alkyl halides is 3. The number of carbonyl (C=O) groups is 2. The highest BCUT2D eigenvalue weighted by Gasteiger charge is 2.46. The maximum absolute atomic E-state index is 14.1. The molecule has 6 rings (SSSR count).